The number of hydrogen-bond acceptors (Lipinski definition) is 6. The largest absolute Gasteiger partial charge is 0.464 e. The van der Waals surface area contributed by atoms with Crippen molar-refractivity contribution in [2.45, 2.75) is 19.8 Å². The second-order valence-corrected chi connectivity index (χ2v) is 4.17. The van der Waals surface area contributed by atoms with Crippen LogP contribution in [0.15, 0.2) is 12.1 Å². The maximum absolute atomic E-state index is 11.5. The van der Waals surface area contributed by atoms with E-state index in [9.17, 15) is 4.79 Å². The molecular weight excluding hydrogens is 246 g/mol. The van der Waals surface area contributed by atoms with Gasteiger partial charge in [0.25, 0.3) is 0 Å². The van der Waals surface area contributed by atoms with Crippen LogP contribution in [0.2, 0.25) is 0 Å². The van der Waals surface area contributed by atoms with Crippen molar-refractivity contribution < 1.29 is 14.6 Å². The molecule has 1 rings (SSSR count). The number of methoxy groups -OCH3 is 1. The topological polar surface area (TPSA) is 88.7 Å². The molecule has 1 aromatic rings. The molecule has 19 heavy (non-hydrogen) atoms. The Bertz CT molecular complexity index is 424. The number of ether oxygens (including phenoxy) is 1. The lowest BCUT2D eigenvalue weighted by atomic mass is 10.2. The van der Waals surface area contributed by atoms with Gasteiger partial charge in [0.1, 0.15) is 0 Å². The Balaban J connectivity index is 3.02. The molecule has 3 N–H and O–H groups in total. The van der Waals surface area contributed by atoms with Crippen molar-refractivity contribution in [2.75, 3.05) is 37.4 Å². The summed E-state index contributed by atoms with van der Waals surface area (Å²) in [6, 6.07) is 3.16. The summed E-state index contributed by atoms with van der Waals surface area (Å²) in [7, 11) is 1.31. The Morgan fingerprint density at radius 1 is 1.47 bits per heavy atom. The zero-order valence-electron chi connectivity index (χ0n) is 11.4. The van der Waals surface area contributed by atoms with Crippen LogP contribution in [0, 0.1) is 0 Å². The molecule has 0 aromatic carbocycles. The molecule has 0 aliphatic heterocycles. The van der Waals surface area contributed by atoms with Gasteiger partial charge in [0, 0.05) is 13.1 Å². The number of hydrogen-bond donors (Lipinski definition) is 2. The standard InChI is InChI=1S/C13H21N3O3/c1-3-4-7-16(8-9-17)12-10(14)5-6-11(15-12)13(18)19-2/h5-6,17H,3-4,7-9,14H2,1-2H3. The van der Waals surface area contributed by atoms with Crippen LogP contribution in [0.3, 0.4) is 0 Å². The van der Waals surface area contributed by atoms with E-state index in [-0.39, 0.29) is 12.3 Å². The second-order valence-electron chi connectivity index (χ2n) is 4.17. The lowest BCUT2D eigenvalue weighted by Crippen LogP contribution is -2.30. The average Bonchev–Trinajstić information content (AvgIpc) is 2.43. The molecule has 0 aliphatic carbocycles. The highest BCUT2D eigenvalue weighted by Crippen LogP contribution is 2.21. The van der Waals surface area contributed by atoms with Gasteiger partial charge in [-0.25, -0.2) is 9.78 Å². The fraction of sp³-hybridized carbons (Fsp3) is 0.538. The number of pyridine rings is 1. The number of aliphatic hydroxyl groups is 1. The summed E-state index contributed by atoms with van der Waals surface area (Å²) < 4.78 is 4.64. The van der Waals surface area contributed by atoms with Crippen molar-refractivity contribution in [1.29, 1.82) is 0 Å². The SMILES string of the molecule is CCCCN(CCO)c1nc(C(=O)OC)ccc1N. The maximum atomic E-state index is 11.5. The first-order chi connectivity index (χ1) is 9.13. The highest BCUT2D eigenvalue weighted by molar-refractivity contribution is 5.88. The third kappa shape index (κ3) is 4.10. The molecule has 106 valence electrons. The highest BCUT2D eigenvalue weighted by atomic mass is 16.5. The van der Waals surface area contributed by atoms with Crippen molar-refractivity contribution in [3.05, 3.63) is 17.8 Å². The van der Waals surface area contributed by atoms with E-state index in [2.05, 4.69) is 16.6 Å². The Hall–Kier alpha value is -1.82. The maximum Gasteiger partial charge on any atom is 0.356 e. The molecule has 0 saturated carbocycles. The number of unbranched alkanes of at least 4 members (excludes halogenated alkanes) is 1. The van der Waals surface area contributed by atoms with Crippen LogP contribution in [0.4, 0.5) is 11.5 Å². The Kier molecular flexibility index (Phi) is 6.08. The van der Waals surface area contributed by atoms with E-state index in [1.165, 1.54) is 13.2 Å². The van der Waals surface area contributed by atoms with Gasteiger partial charge in [-0.15, -0.1) is 0 Å². The molecule has 6 nitrogen and oxygen atoms in total. The van der Waals surface area contributed by atoms with Crippen molar-refractivity contribution in [3.63, 3.8) is 0 Å². The van der Waals surface area contributed by atoms with Crippen molar-refractivity contribution in [2.24, 2.45) is 0 Å². The summed E-state index contributed by atoms with van der Waals surface area (Å²) in [5, 5.41) is 9.11. The van der Waals surface area contributed by atoms with Crippen LogP contribution < -0.4 is 10.6 Å². The quantitative estimate of drug-likeness (QED) is 0.718. The molecule has 0 amide bonds. The van der Waals surface area contributed by atoms with Crippen LogP contribution >= 0.6 is 0 Å². The zero-order chi connectivity index (χ0) is 14.3. The summed E-state index contributed by atoms with van der Waals surface area (Å²) in [5.41, 5.74) is 6.59. The van der Waals surface area contributed by atoms with Crippen LogP contribution in [-0.4, -0.2) is 42.9 Å². The van der Waals surface area contributed by atoms with E-state index < -0.39 is 5.97 Å². The van der Waals surface area contributed by atoms with Crippen molar-refractivity contribution >= 4 is 17.5 Å². The third-order valence-corrected chi connectivity index (χ3v) is 2.75. The van der Waals surface area contributed by atoms with Crippen LogP contribution in [-0.2, 0) is 4.74 Å². The second kappa shape index (κ2) is 7.58. The molecule has 1 aromatic heterocycles. The van der Waals surface area contributed by atoms with Crippen LogP contribution in [0.25, 0.3) is 0 Å². The Morgan fingerprint density at radius 2 is 2.21 bits per heavy atom. The smallest absolute Gasteiger partial charge is 0.356 e. The van der Waals surface area contributed by atoms with E-state index in [1.54, 1.807) is 6.07 Å². The van der Waals surface area contributed by atoms with Crippen molar-refractivity contribution in [3.8, 4) is 0 Å². The summed E-state index contributed by atoms with van der Waals surface area (Å²) in [6.45, 7) is 3.26. The summed E-state index contributed by atoms with van der Waals surface area (Å²) in [5.74, 6) is 0.0195. The van der Waals surface area contributed by atoms with E-state index in [4.69, 9.17) is 10.8 Å². The number of nitrogens with zero attached hydrogens (tertiary/aromatic N) is 2. The van der Waals surface area contributed by atoms with E-state index in [1.807, 2.05) is 4.90 Å². The van der Waals surface area contributed by atoms with Gasteiger partial charge < -0.3 is 20.5 Å². The Morgan fingerprint density at radius 3 is 2.79 bits per heavy atom. The number of anilines is 2. The number of carbonyl (C=O) groups excluding carboxylic acids is 1. The number of esters is 1. The normalized spacial score (nSPS) is 10.3. The third-order valence-electron chi connectivity index (χ3n) is 2.75. The van der Waals surface area contributed by atoms with Gasteiger partial charge in [0.2, 0.25) is 0 Å². The zero-order valence-corrected chi connectivity index (χ0v) is 11.4. The number of rotatable bonds is 7. The van der Waals surface area contributed by atoms with E-state index in [0.29, 0.717) is 18.1 Å². The number of aliphatic hydroxyl groups excluding tert-OH is 1. The molecule has 0 unspecified atom stereocenters. The first-order valence-electron chi connectivity index (χ1n) is 6.34. The number of carbonyl (C=O) groups is 1. The first-order valence-corrected chi connectivity index (χ1v) is 6.34. The molecule has 1 heterocycles. The predicted octanol–water partition coefficient (Wildman–Crippen LogP) is 1.05. The average molecular weight is 267 g/mol. The minimum Gasteiger partial charge on any atom is -0.464 e. The number of nitrogens with two attached hydrogens (primary N) is 1. The summed E-state index contributed by atoms with van der Waals surface area (Å²) in [4.78, 5) is 17.6. The molecule has 0 aliphatic rings. The number of aromatic nitrogens is 1. The molecule has 0 fully saturated rings. The minimum atomic E-state index is -0.499. The van der Waals surface area contributed by atoms with E-state index >= 15 is 0 Å². The van der Waals surface area contributed by atoms with Crippen LogP contribution in [0.5, 0.6) is 0 Å². The van der Waals surface area contributed by atoms with Gasteiger partial charge in [0.15, 0.2) is 11.5 Å². The molecule has 0 bridgehead atoms. The van der Waals surface area contributed by atoms with Gasteiger partial charge >= 0.3 is 5.97 Å². The van der Waals surface area contributed by atoms with Gasteiger partial charge in [-0.3, -0.25) is 0 Å². The summed E-state index contributed by atoms with van der Waals surface area (Å²) >= 11 is 0. The fourth-order valence-electron chi connectivity index (χ4n) is 1.72. The predicted molar refractivity (Wildman–Crippen MR) is 74.2 cm³/mol. The Labute approximate surface area is 113 Å². The fourth-order valence-corrected chi connectivity index (χ4v) is 1.72. The molecule has 0 saturated heterocycles. The van der Waals surface area contributed by atoms with Gasteiger partial charge in [0.05, 0.1) is 19.4 Å². The lowest BCUT2D eigenvalue weighted by molar-refractivity contribution is 0.0594. The first kappa shape index (κ1) is 15.2. The molecule has 0 radical (unpaired) electrons. The highest BCUT2D eigenvalue weighted by Gasteiger charge is 2.15. The van der Waals surface area contributed by atoms with E-state index in [0.717, 1.165) is 19.4 Å². The molecule has 0 atom stereocenters. The summed E-state index contributed by atoms with van der Waals surface area (Å²) in [6.07, 6.45) is 1.99. The molecule has 6 heteroatoms. The van der Waals surface area contributed by atoms with Gasteiger partial charge in [-0.1, -0.05) is 13.3 Å². The minimum absolute atomic E-state index is 0.00723. The number of nitrogen functional groups attached to an aromatic ring is 1. The lowest BCUT2D eigenvalue weighted by Gasteiger charge is -2.24. The monoisotopic (exact) mass is 267 g/mol. The van der Waals surface area contributed by atoms with Gasteiger partial charge in [-0.05, 0) is 18.6 Å². The molecule has 0 spiro atoms. The van der Waals surface area contributed by atoms with Crippen molar-refractivity contribution in [1.82, 2.24) is 4.98 Å². The van der Waals surface area contributed by atoms with Crippen LogP contribution in [0.1, 0.15) is 30.3 Å². The molecular formula is C13H21N3O3. The van der Waals surface area contributed by atoms with Gasteiger partial charge in [-0.2, -0.15) is 0 Å².